The fourth-order valence-electron chi connectivity index (χ4n) is 6.04. The minimum atomic E-state index is -4.76. The summed E-state index contributed by atoms with van der Waals surface area (Å²) in [6, 6.07) is -1.56. The molecular weight excluding hydrogens is 733 g/mol. The quantitative estimate of drug-likeness (QED) is 0.0202. The standard InChI is InChI=1S/C44H80NO10P/c1-3-5-7-9-11-13-15-17-18-19-20-21-22-24-26-28-30-32-34-36-43(48)53-37-40(46)38-54-56(51,52)55-39-41(44(49)50)45-42(47)35-33-31-29-27-25-23-16-14-12-10-8-6-4-2/h6,8,12,14,23,25,40-41,46H,3-5,7,9-11,13,15-22,24,26-39H2,1-2H3,(H,45,47)(H,49,50)(H,51,52)/b8-6-,14-12-,25-23-. The van der Waals surface area contributed by atoms with Crippen molar-refractivity contribution in [3.05, 3.63) is 36.5 Å². The number of phosphoric acid groups is 1. The second-order valence-electron chi connectivity index (χ2n) is 14.9. The number of aliphatic hydroxyl groups excluding tert-OH is 1. The van der Waals surface area contributed by atoms with Crippen LogP contribution in [0.4, 0.5) is 0 Å². The van der Waals surface area contributed by atoms with Crippen LogP contribution in [0.2, 0.25) is 0 Å². The Morgan fingerprint density at radius 2 is 1.04 bits per heavy atom. The van der Waals surface area contributed by atoms with Crippen LogP contribution in [0.15, 0.2) is 36.5 Å². The van der Waals surface area contributed by atoms with Crippen molar-refractivity contribution in [3.63, 3.8) is 0 Å². The third-order valence-electron chi connectivity index (χ3n) is 9.44. The lowest BCUT2D eigenvalue weighted by molar-refractivity contribution is -0.147. The van der Waals surface area contributed by atoms with Crippen molar-refractivity contribution in [3.8, 4) is 0 Å². The number of carbonyl (C=O) groups excluding carboxylic acids is 2. The van der Waals surface area contributed by atoms with Crippen molar-refractivity contribution in [2.24, 2.45) is 0 Å². The van der Waals surface area contributed by atoms with Gasteiger partial charge in [0.25, 0.3) is 0 Å². The molecule has 3 atom stereocenters. The molecule has 0 aromatic carbocycles. The van der Waals surface area contributed by atoms with E-state index in [1.54, 1.807) is 0 Å². The Kier molecular flexibility index (Phi) is 37.9. The largest absolute Gasteiger partial charge is 0.480 e. The maximum Gasteiger partial charge on any atom is 0.472 e. The van der Waals surface area contributed by atoms with E-state index in [2.05, 4.69) is 55.6 Å². The number of hydrogen-bond donors (Lipinski definition) is 4. The summed E-state index contributed by atoms with van der Waals surface area (Å²) < 4.78 is 26.8. The molecule has 12 heteroatoms. The first-order valence-electron chi connectivity index (χ1n) is 22.0. The van der Waals surface area contributed by atoms with Gasteiger partial charge in [-0.05, 0) is 44.9 Å². The molecule has 0 spiro atoms. The molecule has 0 aliphatic rings. The molecule has 0 saturated heterocycles. The van der Waals surface area contributed by atoms with Gasteiger partial charge in [-0.25, -0.2) is 9.36 Å². The highest BCUT2D eigenvalue weighted by molar-refractivity contribution is 7.47. The fraction of sp³-hybridized carbons (Fsp3) is 0.795. The number of aliphatic hydroxyl groups is 1. The van der Waals surface area contributed by atoms with Crippen LogP contribution in [0.5, 0.6) is 0 Å². The van der Waals surface area contributed by atoms with Gasteiger partial charge in [-0.15, -0.1) is 0 Å². The Bertz CT molecular complexity index is 1100. The van der Waals surface area contributed by atoms with Crippen molar-refractivity contribution in [2.45, 2.75) is 206 Å². The van der Waals surface area contributed by atoms with E-state index in [1.165, 1.54) is 96.3 Å². The molecule has 0 aliphatic heterocycles. The number of carbonyl (C=O) groups is 3. The lowest BCUT2D eigenvalue weighted by Crippen LogP contribution is -2.43. The summed E-state index contributed by atoms with van der Waals surface area (Å²) in [4.78, 5) is 45.8. The molecule has 56 heavy (non-hydrogen) atoms. The van der Waals surface area contributed by atoms with Crippen LogP contribution in [0.1, 0.15) is 194 Å². The summed E-state index contributed by atoms with van der Waals surface area (Å²) in [5.74, 6) is -2.41. The fourth-order valence-corrected chi connectivity index (χ4v) is 6.81. The Morgan fingerprint density at radius 3 is 1.55 bits per heavy atom. The molecular formula is C44H80NO10P. The van der Waals surface area contributed by atoms with E-state index in [0.717, 1.165) is 57.8 Å². The molecule has 326 valence electrons. The first kappa shape index (κ1) is 53.7. The minimum Gasteiger partial charge on any atom is -0.480 e. The maximum atomic E-state index is 12.3. The van der Waals surface area contributed by atoms with Crippen LogP contribution in [-0.2, 0) is 32.7 Å². The number of rotatable bonds is 41. The third-order valence-corrected chi connectivity index (χ3v) is 10.4. The average Bonchev–Trinajstić information content (AvgIpc) is 3.17. The van der Waals surface area contributed by atoms with Crippen LogP contribution in [0, 0.1) is 0 Å². The van der Waals surface area contributed by atoms with E-state index in [0.29, 0.717) is 12.8 Å². The maximum absolute atomic E-state index is 12.3. The monoisotopic (exact) mass is 814 g/mol. The summed E-state index contributed by atoms with van der Waals surface area (Å²) in [6.45, 7) is 2.46. The van der Waals surface area contributed by atoms with Crippen molar-refractivity contribution in [1.29, 1.82) is 0 Å². The van der Waals surface area contributed by atoms with E-state index in [-0.39, 0.29) is 12.8 Å². The number of hydrogen-bond acceptors (Lipinski definition) is 8. The summed E-state index contributed by atoms with van der Waals surface area (Å²) in [5, 5.41) is 21.8. The highest BCUT2D eigenvalue weighted by Crippen LogP contribution is 2.43. The highest BCUT2D eigenvalue weighted by Gasteiger charge is 2.28. The minimum absolute atomic E-state index is 0.110. The number of carboxylic acid groups (broad SMARTS) is 1. The molecule has 0 radical (unpaired) electrons. The van der Waals surface area contributed by atoms with E-state index in [4.69, 9.17) is 13.8 Å². The first-order chi connectivity index (χ1) is 27.1. The molecule has 4 N–H and O–H groups in total. The second kappa shape index (κ2) is 39.5. The van der Waals surface area contributed by atoms with Crippen LogP contribution < -0.4 is 5.32 Å². The van der Waals surface area contributed by atoms with Gasteiger partial charge in [-0.3, -0.25) is 18.6 Å². The van der Waals surface area contributed by atoms with Crippen molar-refractivity contribution >= 4 is 25.7 Å². The van der Waals surface area contributed by atoms with Gasteiger partial charge >= 0.3 is 19.8 Å². The Hall–Kier alpha value is -2.30. The summed E-state index contributed by atoms with van der Waals surface area (Å²) in [6.07, 6.45) is 41.8. The van der Waals surface area contributed by atoms with Gasteiger partial charge in [0.2, 0.25) is 5.91 Å². The predicted octanol–water partition coefficient (Wildman–Crippen LogP) is 11.2. The number of allylic oxidation sites excluding steroid dienone is 6. The number of esters is 1. The molecule has 11 nitrogen and oxygen atoms in total. The predicted molar refractivity (Wildman–Crippen MR) is 226 cm³/mol. The zero-order valence-electron chi connectivity index (χ0n) is 35.2. The van der Waals surface area contributed by atoms with Gasteiger partial charge in [-0.1, -0.05) is 172 Å². The van der Waals surface area contributed by atoms with E-state index >= 15 is 0 Å². The van der Waals surface area contributed by atoms with Crippen LogP contribution in [-0.4, -0.2) is 64.9 Å². The van der Waals surface area contributed by atoms with Crippen molar-refractivity contribution < 1.29 is 47.8 Å². The molecule has 0 aliphatic carbocycles. The third kappa shape index (κ3) is 38.6. The molecule has 0 aromatic rings. The molecule has 0 aromatic heterocycles. The number of amides is 1. The number of nitrogens with one attached hydrogen (secondary N) is 1. The van der Waals surface area contributed by atoms with Crippen molar-refractivity contribution in [1.82, 2.24) is 5.32 Å². The van der Waals surface area contributed by atoms with E-state index < -0.39 is 57.6 Å². The van der Waals surface area contributed by atoms with Gasteiger partial charge in [0.1, 0.15) is 12.7 Å². The summed E-state index contributed by atoms with van der Waals surface area (Å²) in [7, 11) is -4.76. The van der Waals surface area contributed by atoms with Crippen LogP contribution in [0.3, 0.4) is 0 Å². The molecule has 0 rings (SSSR count). The Balaban J connectivity index is 3.87. The molecule has 0 saturated carbocycles. The summed E-state index contributed by atoms with van der Waals surface area (Å²) in [5.41, 5.74) is 0. The van der Waals surface area contributed by atoms with Gasteiger partial charge in [-0.2, -0.15) is 0 Å². The van der Waals surface area contributed by atoms with Gasteiger partial charge in [0.15, 0.2) is 6.04 Å². The molecule has 3 unspecified atom stereocenters. The molecule has 0 heterocycles. The zero-order valence-corrected chi connectivity index (χ0v) is 36.1. The molecule has 0 fully saturated rings. The van der Waals surface area contributed by atoms with Crippen LogP contribution in [0.25, 0.3) is 0 Å². The smallest absolute Gasteiger partial charge is 0.472 e. The van der Waals surface area contributed by atoms with Crippen molar-refractivity contribution in [2.75, 3.05) is 19.8 Å². The number of ether oxygens (including phenoxy) is 1. The average molecular weight is 814 g/mol. The van der Waals surface area contributed by atoms with Gasteiger partial charge in [0.05, 0.1) is 13.2 Å². The number of phosphoric ester groups is 1. The van der Waals surface area contributed by atoms with Gasteiger partial charge < -0.3 is 25.2 Å². The first-order valence-corrected chi connectivity index (χ1v) is 23.5. The lowest BCUT2D eigenvalue weighted by Gasteiger charge is -2.18. The number of unbranched alkanes of at least 4 members (excludes halogenated alkanes) is 21. The lowest BCUT2D eigenvalue weighted by atomic mass is 10.0. The SMILES string of the molecule is CC/C=C\C/C=C\C/C=C\CCCCCC(=O)NC(COP(=O)(O)OCC(O)COC(=O)CCCCCCCCCCCCCCCCCCCCC)C(=O)O. The number of aliphatic carboxylic acids is 1. The number of carboxylic acids is 1. The van der Waals surface area contributed by atoms with Crippen LogP contribution >= 0.6 is 7.82 Å². The normalized spacial score (nSPS) is 14.1. The van der Waals surface area contributed by atoms with Gasteiger partial charge in [0, 0.05) is 12.8 Å². The van der Waals surface area contributed by atoms with E-state index in [1.807, 2.05) is 0 Å². The second-order valence-corrected chi connectivity index (χ2v) is 16.3. The molecule has 1 amide bonds. The molecule has 0 bridgehead atoms. The topological polar surface area (TPSA) is 169 Å². The zero-order chi connectivity index (χ0) is 41.4. The van der Waals surface area contributed by atoms with E-state index in [9.17, 15) is 34.1 Å². The Morgan fingerprint density at radius 1 is 0.589 bits per heavy atom. The Labute approximate surface area is 340 Å². The highest BCUT2D eigenvalue weighted by atomic mass is 31.2. The summed E-state index contributed by atoms with van der Waals surface area (Å²) >= 11 is 0.